The average molecular weight is 328 g/mol. The van der Waals surface area contributed by atoms with E-state index in [0.717, 1.165) is 6.07 Å². The van der Waals surface area contributed by atoms with E-state index in [0.29, 0.717) is 18.6 Å². The molecule has 0 aliphatic carbocycles. The van der Waals surface area contributed by atoms with Crippen molar-refractivity contribution in [3.05, 3.63) is 33.9 Å². The Morgan fingerprint density at radius 3 is 2.50 bits per heavy atom. The summed E-state index contributed by atoms with van der Waals surface area (Å²) in [5.41, 5.74) is -2.56. The second-order valence-electron chi connectivity index (χ2n) is 3.86. The third kappa shape index (κ3) is 4.43. The molecule has 0 fully saturated rings. The molecule has 5 nitrogen and oxygen atoms in total. The van der Waals surface area contributed by atoms with E-state index in [2.05, 4.69) is 11.8 Å². The summed E-state index contributed by atoms with van der Waals surface area (Å²) in [6.45, 7) is -1.79. The molecule has 0 saturated heterocycles. The van der Waals surface area contributed by atoms with Gasteiger partial charge < -0.3 is 9.42 Å². The molecule has 112 valence electrons. The van der Waals surface area contributed by atoms with Crippen molar-refractivity contribution in [1.82, 2.24) is 0 Å². The van der Waals surface area contributed by atoms with Gasteiger partial charge in [-0.05, 0) is 24.7 Å². The summed E-state index contributed by atoms with van der Waals surface area (Å²) in [7, 11) is 0. The van der Waals surface area contributed by atoms with Gasteiger partial charge in [-0.15, -0.1) is 0 Å². The summed E-state index contributed by atoms with van der Waals surface area (Å²) >= 11 is 4.66. The molecular weight excluding hydrogens is 318 g/mol. The van der Waals surface area contributed by atoms with Gasteiger partial charge in [-0.25, -0.2) is 0 Å². The van der Waals surface area contributed by atoms with E-state index < -0.39 is 34.6 Å². The number of nitrogens with zero attached hydrogens (tertiary/aromatic N) is 1. The lowest BCUT2D eigenvalue weighted by Crippen LogP contribution is -2.12. The lowest BCUT2D eigenvalue weighted by atomic mass is 10.1. The van der Waals surface area contributed by atoms with Crippen LogP contribution in [0.5, 0.6) is 5.75 Å². The maximum Gasteiger partial charge on any atom is 0.423 e. The Hall–Kier alpha value is -1.18. The zero-order chi connectivity index (χ0) is 15.6. The molecule has 0 aliphatic rings. The summed E-state index contributed by atoms with van der Waals surface area (Å²) < 4.78 is 43.0. The van der Waals surface area contributed by atoms with Crippen LogP contribution in [0.25, 0.3) is 0 Å². The number of nitro groups is 1. The first-order valence-electron chi connectivity index (χ1n) is 5.42. The Morgan fingerprint density at radius 1 is 1.45 bits per heavy atom. The second kappa shape index (κ2) is 6.07. The Kier molecular flexibility index (Phi) is 5.12. The van der Waals surface area contributed by atoms with Gasteiger partial charge in [-0.1, -0.05) is 18.7 Å². The first-order chi connectivity index (χ1) is 9.07. The van der Waals surface area contributed by atoms with Crippen LogP contribution in [-0.4, -0.2) is 11.1 Å². The van der Waals surface area contributed by atoms with E-state index in [4.69, 9.17) is 4.52 Å². The molecule has 0 radical (unpaired) electrons. The minimum Gasteiger partial charge on any atom is -0.791 e. The molecule has 1 rings (SSSR count). The minimum atomic E-state index is -4.92. The standard InChI is InChI=1S/C10H11F3NO4PS/c1-2-5-19(17,20)18-7-3-4-9(14(15)16)8(6-7)10(11,12)13/h3-4,6H,2,5H2,1H3,(H,17,20)/p-1. The van der Waals surface area contributed by atoms with Gasteiger partial charge in [0.25, 0.3) is 5.69 Å². The molecule has 1 aromatic carbocycles. The average Bonchev–Trinajstić information content (AvgIpc) is 2.26. The van der Waals surface area contributed by atoms with Crippen LogP contribution >= 0.6 is 6.49 Å². The monoisotopic (exact) mass is 328 g/mol. The summed E-state index contributed by atoms with van der Waals surface area (Å²) in [4.78, 5) is 21.2. The van der Waals surface area contributed by atoms with E-state index in [1.807, 2.05) is 0 Å². The predicted octanol–water partition coefficient (Wildman–Crippen LogP) is 3.07. The number of benzene rings is 1. The molecule has 0 amide bonds. The quantitative estimate of drug-likeness (QED) is 0.472. The van der Waals surface area contributed by atoms with Gasteiger partial charge in [-0.2, -0.15) is 13.2 Å². The van der Waals surface area contributed by atoms with Crippen molar-refractivity contribution in [2.75, 3.05) is 6.16 Å². The van der Waals surface area contributed by atoms with Crippen molar-refractivity contribution in [2.45, 2.75) is 19.5 Å². The largest absolute Gasteiger partial charge is 0.791 e. The Bertz CT molecular complexity index is 564. The van der Waals surface area contributed by atoms with Crippen LogP contribution in [0, 0.1) is 10.1 Å². The van der Waals surface area contributed by atoms with Gasteiger partial charge in [0.15, 0.2) is 0 Å². The van der Waals surface area contributed by atoms with Crippen molar-refractivity contribution >= 4 is 24.0 Å². The third-order valence-electron chi connectivity index (χ3n) is 2.21. The summed E-state index contributed by atoms with van der Waals surface area (Å²) in [6.07, 6.45) is -4.45. The number of halogens is 3. The zero-order valence-corrected chi connectivity index (χ0v) is 11.9. The van der Waals surface area contributed by atoms with Crippen LogP contribution in [0.3, 0.4) is 0 Å². The van der Waals surface area contributed by atoms with E-state index in [-0.39, 0.29) is 6.16 Å². The number of hydrogen-bond donors (Lipinski definition) is 0. The highest BCUT2D eigenvalue weighted by molar-refractivity contribution is 8.08. The van der Waals surface area contributed by atoms with Gasteiger partial charge in [0.05, 0.1) is 4.92 Å². The first kappa shape index (κ1) is 16.9. The number of rotatable bonds is 5. The lowest BCUT2D eigenvalue weighted by Gasteiger charge is -2.28. The van der Waals surface area contributed by atoms with E-state index in [1.165, 1.54) is 0 Å². The molecule has 20 heavy (non-hydrogen) atoms. The van der Waals surface area contributed by atoms with Crippen molar-refractivity contribution in [3.63, 3.8) is 0 Å². The molecule has 1 aromatic rings. The smallest absolute Gasteiger partial charge is 0.423 e. The SMILES string of the molecule is CCCP([O-])(=S)Oc1ccc([N+](=O)[O-])c(C(F)(F)F)c1. The van der Waals surface area contributed by atoms with Crippen LogP contribution in [0.2, 0.25) is 0 Å². The Morgan fingerprint density at radius 2 is 2.05 bits per heavy atom. The molecule has 0 heterocycles. The molecule has 1 atom stereocenters. The fourth-order valence-corrected chi connectivity index (χ4v) is 3.32. The number of nitro benzene ring substituents is 1. The van der Waals surface area contributed by atoms with Crippen LogP contribution < -0.4 is 9.42 Å². The van der Waals surface area contributed by atoms with Crippen molar-refractivity contribution in [3.8, 4) is 5.75 Å². The molecule has 0 aliphatic heterocycles. The highest BCUT2D eigenvalue weighted by Gasteiger charge is 2.38. The maximum absolute atomic E-state index is 12.7. The molecule has 0 spiro atoms. The van der Waals surface area contributed by atoms with Gasteiger partial charge in [0, 0.05) is 12.6 Å². The van der Waals surface area contributed by atoms with Crippen molar-refractivity contribution < 1.29 is 27.5 Å². The Balaban J connectivity index is 3.20. The Labute approximate surface area is 117 Å². The van der Waals surface area contributed by atoms with Crippen LogP contribution in [0.15, 0.2) is 18.2 Å². The second-order valence-corrected chi connectivity index (χ2v) is 7.38. The fraction of sp³-hybridized carbons (Fsp3) is 0.400. The van der Waals surface area contributed by atoms with Crippen LogP contribution in [0.1, 0.15) is 18.9 Å². The molecule has 0 aromatic heterocycles. The maximum atomic E-state index is 12.7. The normalized spacial score (nSPS) is 14.7. The summed E-state index contributed by atoms with van der Waals surface area (Å²) in [5, 5.41) is 10.6. The van der Waals surface area contributed by atoms with Gasteiger partial charge in [-0.3, -0.25) is 10.1 Å². The van der Waals surface area contributed by atoms with Gasteiger partial charge >= 0.3 is 6.18 Å². The predicted molar refractivity (Wildman–Crippen MR) is 68.2 cm³/mol. The van der Waals surface area contributed by atoms with Crippen molar-refractivity contribution in [2.24, 2.45) is 0 Å². The summed E-state index contributed by atoms with van der Waals surface area (Å²) in [5.74, 6) is -0.394. The number of hydrogen-bond acceptors (Lipinski definition) is 5. The van der Waals surface area contributed by atoms with Crippen LogP contribution in [-0.2, 0) is 18.0 Å². The fourth-order valence-electron chi connectivity index (χ4n) is 1.44. The topological polar surface area (TPSA) is 75.4 Å². The molecule has 0 bridgehead atoms. The molecule has 10 heteroatoms. The van der Waals surface area contributed by atoms with E-state index in [1.54, 1.807) is 6.92 Å². The number of alkyl halides is 3. The minimum absolute atomic E-state index is 0.0284. The van der Waals surface area contributed by atoms with Crippen molar-refractivity contribution in [1.29, 1.82) is 0 Å². The highest BCUT2D eigenvalue weighted by Crippen LogP contribution is 2.43. The van der Waals surface area contributed by atoms with Crippen LogP contribution in [0.4, 0.5) is 18.9 Å². The molecule has 0 saturated carbocycles. The van der Waals surface area contributed by atoms with Gasteiger partial charge in [0.1, 0.15) is 11.3 Å². The third-order valence-corrected chi connectivity index (χ3v) is 4.47. The van der Waals surface area contributed by atoms with E-state index >= 15 is 0 Å². The van der Waals surface area contributed by atoms with Gasteiger partial charge in [0.2, 0.25) is 0 Å². The lowest BCUT2D eigenvalue weighted by molar-refractivity contribution is -0.388. The highest BCUT2D eigenvalue weighted by atomic mass is 32.5. The summed E-state index contributed by atoms with van der Waals surface area (Å²) in [6, 6.07) is 2.04. The van der Waals surface area contributed by atoms with E-state index in [9.17, 15) is 28.2 Å². The zero-order valence-electron chi connectivity index (χ0n) is 10.2. The first-order valence-corrected chi connectivity index (χ1v) is 8.24. The molecule has 1 unspecified atom stereocenters. The molecule has 0 N–H and O–H groups in total. The molecular formula is C10H10F3NO4PS-.